The van der Waals surface area contributed by atoms with Gasteiger partial charge in [0.2, 0.25) is 0 Å². The van der Waals surface area contributed by atoms with Crippen LogP contribution in [0.4, 0.5) is 0 Å². The number of hydrogen-bond acceptors (Lipinski definition) is 1. The van der Waals surface area contributed by atoms with Gasteiger partial charge in [-0.05, 0) is 0 Å². The molecule has 0 amide bonds. The summed E-state index contributed by atoms with van der Waals surface area (Å²) in [4.78, 5) is 0. The zero-order valence-electron chi connectivity index (χ0n) is 10.1. The molecule has 0 saturated carbocycles. The number of hydrogen-bond donors (Lipinski definition) is 0. The molecule has 0 spiro atoms. The van der Waals surface area contributed by atoms with Crippen molar-refractivity contribution in [2.45, 2.75) is 17.5 Å². The molecule has 0 fully saturated rings. The third kappa shape index (κ3) is 2.10. The van der Waals surface area contributed by atoms with E-state index in [-0.39, 0.29) is 10.8 Å². The van der Waals surface area contributed by atoms with E-state index in [1.165, 1.54) is 0 Å². The molecule has 2 heteroatoms. The van der Waals surface area contributed by atoms with Crippen LogP contribution in [0.2, 0.25) is 3.67 Å². The molecule has 0 radical (unpaired) electrons. The third-order valence-electron chi connectivity index (χ3n) is 3.52. The van der Waals surface area contributed by atoms with Gasteiger partial charge in [-0.3, -0.25) is 0 Å². The fraction of sp³-hybridized carbons (Fsp3) is 0.429. The average molecular weight is 381 g/mol. The summed E-state index contributed by atoms with van der Waals surface area (Å²) in [6.07, 6.45) is 18.0. The van der Waals surface area contributed by atoms with E-state index in [1.807, 2.05) is 7.11 Å². The van der Waals surface area contributed by atoms with E-state index < -0.39 is 23.3 Å². The molecule has 0 bridgehead atoms. The van der Waals surface area contributed by atoms with Gasteiger partial charge in [0.1, 0.15) is 0 Å². The van der Waals surface area contributed by atoms with Crippen LogP contribution in [-0.2, 0) is 26.2 Å². The monoisotopic (exact) mass is 382 g/mol. The van der Waals surface area contributed by atoms with E-state index in [2.05, 4.69) is 62.5 Å². The van der Waals surface area contributed by atoms with Crippen LogP contribution in [0, 0.1) is 10.8 Å². The van der Waals surface area contributed by atoms with Gasteiger partial charge in [0.15, 0.2) is 0 Å². The molecule has 0 aromatic rings. The van der Waals surface area contributed by atoms with Gasteiger partial charge in [0.05, 0.1) is 0 Å². The van der Waals surface area contributed by atoms with Gasteiger partial charge in [0, 0.05) is 0 Å². The quantitative estimate of drug-likeness (QED) is 0.676. The summed E-state index contributed by atoms with van der Waals surface area (Å²) in [7, 11) is 1.87. The van der Waals surface area contributed by atoms with Crippen LogP contribution >= 0.6 is 0 Å². The second-order valence-corrected chi connectivity index (χ2v) is 9.31. The first-order valence-corrected chi connectivity index (χ1v) is 9.17. The van der Waals surface area contributed by atoms with Crippen LogP contribution in [0.25, 0.3) is 0 Å². The maximum atomic E-state index is 5.62. The maximum absolute atomic E-state index is 5.62. The summed E-state index contributed by atoms with van der Waals surface area (Å²) < 4.78 is 6.25. The summed E-state index contributed by atoms with van der Waals surface area (Å²) in [5, 5.41) is 0. The van der Waals surface area contributed by atoms with E-state index in [9.17, 15) is 0 Å². The van der Waals surface area contributed by atoms with Crippen molar-refractivity contribution in [3.63, 3.8) is 0 Å². The Bertz CT molecular complexity index is 318. The van der Waals surface area contributed by atoms with Crippen LogP contribution in [0.15, 0.2) is 48.6 Å². The van der Waals surface area contributed by atoms with Gasteiger partial charge in [-0.2, -0.15) is 0 Å². The molecule has 0 N–H and O–H groups in total. The zero-order chi connectivity index (χ0) is 11.6. The summed E-state index contributed by atoms with van der Waals surface area (Å²) >= 11 is -1.07. The molecule has 0 unspecified atom stereocenters. The molecule has 0 saturated heterocycles. The van der Waals surface area contributed by atoms with Crippen LogP contribution in [0.1, 0.15) is 13.8 Å². The topological polar surface area (TPSA) is 9.23 Å². The molecule has 0 atom stereocenters. The normalized spacial score (nSPS) is 23.5. The van der Waals surface area contributed by atoms with Crippen molar-refractivity contribution in [2.24, 2.45) is 10.8 Å². The molecule has 0 aliphatic heterocycles. The predicted molar refractivity (Wildman–Crippen MR) is 63.5 cm³/mol. The minimum atomic E-state index is -1.07. The van der Waals surface area contributed by atoms with Gasteiger partial charge in [-0.1, -0.05) is 0 Å². The van der Waals surface area contributed by atoms with Gasteiger partial charge < -0.3 is 0 Å². The van der Waals surface area contributed by atoms with E-state index in [0.717, 1.165) is 0 Å². The molecular formula is C14H18HfO. The zero-order valence-corrected chi connectivity index (χ0v) is 13.7. The minimum absolute atomic E-state index is 0.187. The van der Waals surface area contributed by atoms with E-state index in [1.54, 1.807) is 0 Å². The first-order valence-electron chi connectivity index (χ1n) is 5.63. The fourth-order valence-electron chi connectivity index (χ4n) is 2.59. The Labute approximate surface area is 110 Å². The Kier molecular flexibility index (Phi) is 3.50. The first-order chi connectivity index (χ1) is 7.61. The molecule has 0 aromatic heterocycles. The Balaban J connectivity index is 2.30. The van der Waals surface area contributed by atoms with Crippen molar-refractivity contribution in [1.29, 1.82) is 0 Å². The Morgan fingerprint density at radius 1 is 0.875 bits per heavy atom. The summed E-state index contributed by atoms with van der Waals surface area (Å²) in [6.45, 7) is 4.66. The Hall–Kier alpha value is -0.210. The van der Waals surface area contributed by atoms with E-state index >= 15 is 0 Å². The molecule has 84 valence electrons. The van der Waals surface area contributed by atoms with E-state index in [0.29, 0.717) is 3.67 Å². The molecular weight excluding hydrogens is 363 g/mol. The Morgan fingerprint density at radius 2 is 1.25 bits per heavy atom. The first kappa shape index (κ1) is 12.3. The Morgan fingerprint density at radius 3 is 1.56 bits per heavy atom. The molecule has 16 heavy (non-hydrogen) atoms. The second-order valence-electron chi connectivity index (χ2n) is 4.92. The van der Waals surface area contributed by atoms with Crippen molar-refractivity contribution in [3.8, 4) is 0 Å². The molecule has 2 aliphatic rings. The van der Waals surface area contributed by atoms with Crippen molar-refractivity contribution in [3.05, 3.63) is 48.6 Å². The molecule has 1 nitrogen and oxygen atoms in total. The molecule has 0 heterocycles. The SMILES string of the molecule is C[O][Hf][CH](C1(C)C=CC=C1)C1(C)C=CC=C1. The average Bonchev–Trinajstić information content (AvgIpc) is 2.85. The van der Waals surface area contributed by atoms with Crippen molar-refractivity contribution in [2.75, 3.05) is 7.11 Å². The number of rotatable bonds is 4. The van der Waals surface area contributed by atoms with Gasteiger partial charge >= 0.3 is 110 Å². The van der Waals surface area contributed by atoms with Gasteiger partial charge in [0.25, 0.3) is 0 Å². The van der Waals surface area contributed by atoms with E-state index in [4.69, 9.17) is 2.85 Å². The standard InChI is InChI=1S/C13H15.CH3O.Hf/c1-12(7-3-4-8-12)11-13(2)9-5-6-10-13;1-2;/h3-11H,1-2H3;1H3;/q;-1;+1. The van der Waals surface area contributed by atoms with Crippen LogP contribution in [0.3, 0.4) is 0 Å². The van der Waals surface area contributed by atoms with Gasteiger partial charge in [-0.25, -0.2) is 0 Å². The predicted octanol–water partition coefficient (Wildman–Crippen LogP) is 3.68. The molecule has 2 aliphatic carbocycles. The van der Waals surface area contributed by atoms with Crippen LogP contribution in [-0.4, -0.2) is 7.11 Å². The van der Waals surface area contributed by atoms with Crippen LogP contribution < -0.4 is 0 Å². The second kappa shape index (κ2) is 4.58. The van der Waals surface area contributed by atoms with Crippen LogP contribution in [0.5, 0.6) is 0 Å². The number of allylic oxidation sites excluding steroid dienone is 8. The van der Waals surface area contributed by atoms with Crippen molar-refractivity contribution < 1.29 is 26.2 Å². The van der Waals surface area contributed by atoms with Crippen molar-refractivity contribution in [1.82, 2.24) is 0 Å². The third-order valence-corrected chi connectivity index (χ3v) is 9.69. The fourth-order valence-corrected chi connectivity index (χ4v) is 6.64. The summed E-state index contributed by atoms with van der Waals surface area (Å²) in [5.74, 6) is 0. The summed E-state index contributed by atoms with van der Waals surface area (Å²) in [5.41, 5.74) is 0.375. The molecule has 2 rings (SSSR count). The summed E-state index contributed by atoms with van der Waals surface area (Å²) in [6, 6.07) is 0. The molecule has 0 aromatic carbocycles. The van der Waals surface area contributed by atoms with Gasteiger partial charge in [-0.15, -0.1) is 0 Å². The van der Waals surface area contributed by atoms with Crippen molar-refractivity contribution >= 4 is 0 Å².